The molecule has 156 valence electrons. The Kier molecular flexibility index (Phi) is 9.76. The summed E-state index contributed by atoms with van der Waals surface area (Å²) in [6, 6.07) is 8.78. The van der Waals surface area contributed by atoms with Crippen LogP contribution in [-0.4, -0.2) is 30.6 Å². The number of hydrogen-bond acceptors (Lipinski definition) is 6. The van der Waals surface area contributed by atoms with Gasteiger partial charge < -0.3 is 14.4 Å². The predicted molar refractivity (Wildman–Crippen MR) is 108 cm³/mol. The van der Waals surface area contributed by atoms with Crippen LogP contribution in [0.5, 0.6) is 5.75 Å². The number of carbonyl (C=O) groups excluding carboxylic acids is 1. The Bertz CT molecular complexity index is 667. The molecule has 1 aliphatic carbocycles. The molecule has 1 atom stereocenters. The molecule has 28 heavy (non-hydrogen) atoms. The lowest BCUT2D eigenvalue weighted by molar-refractivity contribution is -0.151. The zero-order chi connectivity index (χ0) is 20.2. The van der Waals surface area contributed by atoms with E-state index >= 15 is 0 Å². The number of hydrogen-bond donors (Lipinski definition) is 1. The Morgan fingerprint density at radius 1 is 1.21 bits per heavy atom. The second kappa shape index (κ2) is 12.1. The molecule has 0 heterocycles. The molecule has 1 unspecified atom stereocenters. The lowest BCUT2D eigenvalue weighted by Gasteiger charge is -2.21. The van der Waals surface area contributed by atoms with Crippen LogP contribution < -0.4 is 4.52 Å². The lowest BCUT2D eigenvalue weighted by Crippen LogP contribution is -2.16. The number of esters is 1. The van der Waals surface area contributed by atoms with Gasteiger partial charge in [-0.15, -0.1) is 0 Å². The second-order valence-electron chi connectivity index (χ2n) is 7.21. The third-order valence-electron chi connectivity index (χ3n) is 4.78. The van der Waals surface area contributed by atoms with Crippen molar-refractivity contribution in [1.29, 1.82) is 0 Å². The molecule has 2 rings (SSSR count). The lowest BCUT2D eigenvalue weighted by atomic mass is 9.87. The van der Waals surface area contributed by atoms with Crippen LogP contribution in [0.4, 0.5) is 0 Å². The average Bonchev–Trinajstić information content (AvgIpc) is 2.69. The van der Waals surface area contributed by atoms with E-state index in [0.29, 0.717) is 24.5 Å². The molecule has 0 bridgehead atoms. The maximum Gasteiger partial charge on any atom is 0.382 e. The standard InChI is InChI=1S/C21H31O6P/c1-18(16-22)9-8-14-28(24,27-20-12-6-3-7-13-20)26-17-25-21(23)15-19-10-4-2-5-11-19/h3,6-7,9,12-13,19,22H,2,4-5,8,10-11,14-17H2,1H3/b18-9+. The molecule has 0 saturated heterocycles. The molecule has 0 aromatic heterocycles. The monoisotopic (exact) mass is 410 g/mol. The van der Waals surface area contributed by atoms with E-state index in [2.05, 4.69) is 0 Å². The van der Waals surface area contributed by atoms with Gasteiger partial charge >= 0.3 is 13.6 Å². The summed E-state index contributed by atoms with van der Waals surface area (Å²) in [5.41, 5.74) is 0.783. The van der Waals surface area contributed by atoms with Gasteiger partial charge in [-0.3, -0.25) is 9.32 Å². The van der Waals surface area contributed by atoms with Crippen LogP contribution in [-0.2, 0) is 18.6 Å². The van der Waals surface area contributed by atoms with Crippen LogP contribution in [0.2, 0.25) is 0 Å². The SMILES string of the molecule is C/C(=C\CCP(=O)(OCOC(=O)CC1CCCCC1)Oc1ccccc1)CO. The maximum absolute atomic E-state index is 13.1. The summed E-state index contributed by atoms with van der Waals surface area (Å²) >= 11 is 0. The summed E-state index contributed by atoms with van der Waals surface area (Å²) < 4.78 is 29.3. The van der Waals surface area contributed by atoms with Crippen molar-refractivity contribution in [3.63, 3.8) is 0 Å². The van der Waals surface area contributed by atoms with E-state index < -0.39 is 14.4 Å². The zero-order valence-corrected chi connectivity index (χ0v) is 17.4. The molecular weight excluding hydrogens is 379 g/mol. The van der Waals surface area contributed by atoms with Crippen LogP contribution in [0, 0.1) is 5.92 Å². The number of ether oxygens (including phenoxy) is 1. The summed E-state index contributed by atoms with van der Waals surface area (Å²) in [5, 5.41) is 9.08. The molecule has 6 nitrogen and oxygen atoms in total. The van der Waals surface area contributed by atoms with Crippen molar-refractivity contribution in [3.8, 4) is 5.75 Å². The fourth-order valence-electron chi connectivity index (χ4n) is 3.17. The van der Waals surface area contributed by atoms with Gasteiger partial charge in [-0.2, -0.15) is 0 Å². The van der Waals surface area contributed by atoms with E-state index in [1.54, 1.807) is 37.3 Å². The smallest absolute Gasteiger partial charge is 0.382 e. The number of rotatable bonds is 11. The van der Waals surface area contributed by atoms with Crippen LogP contribution in [0.3, 0.4) is 0 Å². The van der Waals surface area contributed by atoms with Crippen LogP contribution in [0.15, 0.2) is 42.0 Å². The van der Waals surface area contributed by atoms with Gasteiger partial charge in [0.1, 0.15) is 5.75 Å². The molecule has 0 spiro atoms. The summed E-state index contributed by atoms with van der Waals surface area (Å²) in [6.45, 7) is 1.35. The topological polar surface area (TPSA) is 82.1 Å². The molecule has 0 amide bonds. The average molecular weight is 410 g/mol. The van der Waals surface area contributed by atoms with Crippen molar-refractivity contribution in [2.24, 2.45) is 5.92 Å². The van der Waals surface area contributed by atoms with E-state index in [4.69, 9.17) is 18.9 Å². The Morgan fingerprint density at radius 3 is 2.61 bits per heavy atom. The minimum atomic E-state index is -3.51. The summed E-state index contributed by atoms with van der Waals surface area (Å²) in [4.78, 5) is 12.0. The van der Waals surface area contributed by atoms with Crippen LogP contribution in [0.1, 0.15) is 51.9 Å². The number of allylic oxidation sites excluding steroid dienone is 1. The van der Waals surface area contributed by atoms with Crippen LogP contribution >= 0.6 is 7.60 Å². The molecule has 7 heteroatoms. The molecule has 1 saturated carbocycles. The van der Waals surface area contributed by atoms with Crippen molar-refractivity contribution in [2.45, 2.75) is 51.9 Å². The second-order valence-corrected chi connectivity index (χ2v) is 9.32. The van der Waals surface area contributed by atoms with E-state index in [-0.39, 0.29) is 18.7 Å². The van der Waals surface area contributed by atoms with Crippen molar-refractivity contribution in [2.75, 3.05) is 19.6 Å². The van der Waals surface area contributed by atoms with Gasteiger partial charge in [-0.1, -0.05) is 49.1 Å². The fraction of sp³-hybridized carbons (Fsp3) is 0.571. The third-order valence-corrected chi connectivity index (χ3v) is 6.58. The number of aliphatic hydroxyl groups excluding tert-OH is 1. The van der Waals surface area contributed by atoms with Crippen molar-refractivity contribution in [3.05, 3.63) is 42.0 Å². The minimum absolute atomic E-state index is 0.0521. The first-order chi connectivity index (χ1) is 13.5. The molecule has 1 fully saturated rings. The van der Waals surface area contributed by atoms with Gasteiger partial charge in [0.05, 0.1) is 12.8 Å². The normalized spacial score (nSPS) is 17.7. The molecular formula is C21H31O6P. The van der Waals surface area contributed by atoms with Crippen molar-refractivity contribution < 1.29 is 28.3 Å². The summed E-state index contributed by atoms with van der Waals surface area (Å²) in [7, 11) is -3.51. The summed E-state index contributed by atoms with van der Waals surface area (Å²) in [5.74, 6) is 0.483. The fourth-order valence-corrected chi connectivity index (χ4v) is 4.55. The van der Waals surface area contributed by atoms with Crippen LogP contribution in [0.25, 0.3) is 0 Å². The number of benzene rings is 1. The molecule has 1 aromatic carbocycles. The largest absolute Gasteiger partial charge is 0.438 e. The van der Waals surface area contributed by atoms with Gasteiger partial charge in [0.15, 0.2) is 0 Å². The summed E-state index contributed by atoms with van der Waals surface area (Å²) in [6.07, 6.45) is 8.39. The Balaban J connectivity index is 1.87. The highest BCUT2D eigenvalue weighted by molar-refractivity contribution is 7.54. The quantitative estimate of drug-likeness (QED) is 0.237. The van der Waals surface area contributed by atoms with E-state index in [1.165, 1.54) is 6.42 Å². The highest BCUT2D eigenvalue weighted by Crippen LogP contribution is 2.49. The number of para-hydroxylation sites is 1. The maximum atomic E-state index is 13.1. The van der Waals surface area contributed by atoms with Gasteiger partial charge in [0, 0.05) is 6.42 Å². The zero-order valence-electron chi connectivity index (χ0n) is 16.5. The minimum Gasteiger partial charge on any atom is -0.438 e. The highest BCUT2D eigenvalue weighted by Gasteiger charge is 2.27. The van der Waals surface area contributed by atoms with Gasteiger partial charge in [0.25, 0.3) is 0 Å². The van der Waals surface area contributed by atoms with Crippen molar-refractivity contribution in [1.82, 2.24) is 0 Å². The first-order valence-corrected chi connectivity index (χ1v) is 11.6. The molecule has 1 aliphatic rings. The van der Waals surface area contributed by atoms with Gasteiger partial charge in [-0.25, -0.2) is 4.57 Å². The first-order valence-electron chi connectivity index (χ1n) is 9.91. The molecule has 1 N–H and O–H groups in total. The number of aliphatic hydroxyl groups is 1. The van der Waals surface area contributed by atoms with E-state index in [1.807, 2.05) is 6.07 Å². The number of carbonyl (C=O) groups is 1. The van der Waals surface area contributed by atoms with Gasteiger partial charge in [-0.05, 0) is 44.2 Å². The first kappa shape index (κ1) is 22.7. The Morgan fingerprint density at radius 2 is 1.93 bits per heavy atom. The molecule has 1 aromatic rings. The Labute approximate surface area is 167 Å². The molecule has 0 aliphatic heterocycles. The van der Waals surface area contributed by atoms with Gasteiger partial charge in [0.2, 0.25) is 6.79 Å². The van der Waals surface area contributed by atoms with E-state index in [9.17, 15) is 9.36 Å². The molecule has 0 radical (unpaired) electrons. The third kappa shape index (κ3) is 8.59. The Hall–Kier alpha value is -1.62. The van der Waals surface area contributed by atoms with Crippen molar-refractivity contribution >= 4 is 13.6 Å². The van der Waals surface area contributed by atoms with E-state index in [0.717, 1.165) is 31.3 Å². The predicted octanol–water partition coefficient (Wildman–Crippen LogP) is 5.07. The highest BCUT2D eigenvalue weighted by atomic mass is 31.2.